The highest BCUT2D eigenvalue weighted by atomic mass is 19.1. The fourth-order valence-electron chi connectivity index (χ4n) is 2.91. The van der Waals surface area contributed by atoms with Gasteiger partial charge in [-0.25, -0.2) is 4.39 Å². The number of rotatable bonds is 6. The molecule has 0 amide bonds. The SMILES string of the molecule is COCCC1(c2nc(Cc3cccc(F)c3)no2)CCNC1. The van der Waals surface area contributed by atoms with Crippen LogP contribution in [0, 0.1) is 5.82 Å². The van der Waals surface area contributed by atoms with E-state index in [0.717, 1.165) is 31.5 Å². The van der Waals surface area contributed by atoms with E-state index in [1.807, 2.05) is 6.07 Å². The lowest BCUT2D eigenvalue weighted by atomic mass is 9.83. The van der Waals surface area contributed by atoms with Crippen LogP contribution >= 0.6 is 0 Å². The zero-order chi connectivity index (χ0) is 15.4. The summed E-state index contributed by atoms with van der Waals surface area (Å²) in [4.78, 5) is 4.55. The molecule has 118 valence electrons. The van der Waals surface area contributed by atoms with Gasteiger partial charge in [-0.3, -0.25) is 0 Å². The number of hydrogen-bond donors (Lipinski definition) is 1. The quantitative estimate of drug-likeness (QED) is 0.885. The van der Waals surface area contributed by atoms with Gasteiger partial charge >= 0.3 is 0 Å². The maximum absolute atomic E-state index is 13.2. The van der Waals surface area contributed by atoms with Crippen molar-refractivity contribution in [3.63, 3.8) is 0 Å². The highest BCUT2D eigenvalue weighted by Crippen LogP contribution is 2.33. The molecule has 1 aliphatic heterocycles. The zero-order valence-electron chi connectivity index (χ0n) is 12.6. The predicted molar refractivity (Wildman–Crippen MR) is 79.2 cm³/mol. The molecule has 3 rings (SSSR count). The zero-order valence-corrected chi connectivity index (χ0v) is 12.6. The molecule has 1 aromatic carbocycles. The lowest BCUT2D eigenvalue weighted by Crippen LogP contribution is -2.31. The van der Waals surface area contributed by atoms with Crippen molar-refractivity contribution < 1.29 is 13.7 Å². The number of methoxy groups -OCH3 is 1. The summed E-state index contributed by atoms with van der Waals surface area (Å²) in [6.45, 7) is 2.41. The van der Waals surface area contributed by atoms with Gasteiger partial charge in [0.25, 0.3) is 0 Å². The second-order valence-corrected chi connectivity index (χ2v) is 5.77. The molecule has 1 atom stereocenters. The van der Waals surface area contributed by atoms with Crippen LogP contribution in [0.15, 0.2) is 28.8 Å². The van der Waals surface area contributed by atoms with Crippen molar-refractivity contribution in [2.24, 2.45) is 0 Å². The van der Waals surface area contributed by atoms with Gasteiger partial charge in [-0.15, -0.1) is 0 Å². The van der Waals surface area contributed by atoms with E-state index in [9.17, 15) is 4.39 Å². The van der Waals surface area contributed by atoms with Gasteiger partial charge < -0.3 is 14.6 Å². The van der Waals surface area contributed by atoms with E-state index >= 15 is 0 Å². The van der Waals surface area contributed by atoms with Crippen LogP contribution in [0.25, 0.3) is 0 Å². The third-order valence-electron chi connectivity index (χ3n) is 4.20. The topological polar surface area (TPSA) is 60.2 Å². The van der Waals surface area contributed by atoms with Crippen LogP contribution in [0.4, 0.5) is 4.39 Å². The first kappa shape index (κ1) is 15.1. The number of nitrogens with one attached hydrogen (secondary N) is 1. The second-order valence-electron chi connectivity index (χ2n) is 5.77. The van der Waals surface area contributed by atoms with E-state index in [2.05, 4.69) is 15.5 Å². The van der Waals surface area contributed by atoms with E-state index in [1.165, 1.54) is 12.1 Å². The van der Waals surface area contributed by atoms with Crippen molar-refractivity contribution in [2.45, 2.75) is 24.7 Å². The van der Waals surface area contributed by atoms with Crippen LogP contribution < -0.4 is 5.32 Å². The summed E-state index contributed by atoms with van der Waals surface area (Å²) in [7, 11) is 1.69. The number of hydrogen-bond acceptors (Lipinski definition) is 5. The first-order chi connectivity index (χ1) is 10.7. The van der Waals surface area contributed by atoms with Crippen molar-refractivity contribution in [3.05, 3.63) is 47.4 Å². The van der Waals surface area contributed by atoms with Gasteiger partial charge in [0, 0.05) is 26.7 Å². The Balaban J connectivity index is 1.77. The average molecular weight is 305 g/mol. The summed E-state index contributed by atoms with van der Waals surface area (Å²) in [6.07, 6.45) is 2.27. The maximum atomic E-state index is 13.2. The predicted octanol–water partition coefficient (Wildman–Crippen LogP) is 2.07. The molecule has 0 saturated carbocycles. The summed E-state index contributed by atoms with van der Waals surface area (Å²) >= 11 is 0. The molecule has 6 heteroatoms. The Morgan fingerprint density at radius 1 is 1.45 bits per heavy atom. The number of nitrogens with zero attached hydrogens (tertiary/aromatic N) is 2. The summed E-state index contributed by atoms with van der Waals surface area (Å²) in [5, 5.41) is 7.42. The van der Waals surface area contributed by atoms with E-state index in [4.69, 9.17) is 9.26 Å². The smallest absolute Gasteiger partial charge is 0.234 e. The van der Waals surface area contributed by atoms with Gasteiger partial charge in [0.2, 0.25) is 5.89 Å². The van der Waals surface area contributed by atoms with E-state index in [0.29, 0.717) is 24.7 Å². The van der Waals surface area contributed by atoms with Crippen LogP contribution in [0.2, 0.25) is 0 Å². The average Bonchev–Trinajstić information content (AvgIpc) is 3.15. The minimum absolute atomic E-state index is 0.150. The molecular weight excluding hydrogens is 285 g/mol. The number of aromatic nitrogens is 2. The molecule has 0 spiro atoms. The molecule has 2 aromatic rings. The Morgan fingerprint density at radius 3 is 3.09 bits per heavy atom. The van der Waals surface area contributed by atoms with Gasteiger partial charge in [-0.1, -0.05) is 17.3 Å². The summed E-state index contributed by atoms with van der Waals surface area (Å²) in [6, 6.07) is 6.46. The van der Waals surface area contributed by atoms with Gasteiger partial charge in [0.15, 0.2) is 5.82 Å². The fraction of sp³-hybridized carbons (Fsp3) is 0.500. The Labute approximate surface area is 128 Å². The highest BCUT2D eigenvalue weighted by molar-refractivity contribution is 5.20. The molecule has 2 heterocycles. The second kappa shape index (κ2) is 6.54. The Morgan fingerprint density at radius 2 is 2.36 bits per heavy atom. The van der Waals surface area contributed by atoms with Crippen LogP contribution in [0.5, 0.6) is 0 Å². The molecule has 0 radical (unpaired) electrons. The molecule has 0 aliphatic carbocycles. The lowest BCUT2D eigenvalue weighted by molar-refractivity contribution is 0.157. The van der Waals surface area contributed by atoms with Crippen molar-refractivity contribution in [1.82, 2.24) is 15.5 Å². The fourth-order valence-corrected chi connectivity index (χ4v) is 2.91. The van der Waals surface area contributed by atoms with Crippen molar-refractivity contribution >= 4 is 0 Å². The number of ether oxygens (including phenoxy) is 1. The van der Waals surface area contributed by atoms with Crippen LogP contribution in [0.3, 0.4) is 0 Å². The molecule has 5 nitrogen and oxygen atoms in total. The van der Waals surface area contributed by atoms with Crippen molar-refractivity contribution in [1.29, 1.82) is 0 Å². The molecule has 1 unspecified atom stereocenters. The van der Waals surface area contributed by atoms with E-state index in [1.54, 1.807) is 13.2 Å². The number of benzene rings is 1. The normalized spacial score (nSPS) is 21.4. The Hall–Kier alpha value is -1.79. The Bertz CT molecular complexity index is 623. The van der Waals surface area contributed by atoms with Gasteiger partial charge in [0.05, 0.1) is 5.41 Å². The summed E-state index contributed by atoms with van der Waals surface area (Å²) < 4.78 is 23.9. The number of halogens is 1. The summed E-state index contributed by atoms with van der Waals surface area (Å²) in [5.74, 6) is 0.989. The van der Waals surface area contributed by atoms with Crippen LogP contribution in [-0.2, 0) is 16.6 Å². The van der Waals surface area contributed by atoms with E-state index in [-0.39, 0.29) is 11.2 Å². The monoisotopic (exact) mass is 305 g/mol. The summed E-state index contributed by atoms with van der Waals surface area (Å²) in [5.41, 5.74) is 0.686. The molecule has 1 fully saturated rings. The molecule has 22 heavy (non-hydrogen) atoms. The maximum Gasteiger partial charge on any atom is 0.234 e. The molecule has 1 aliphatic rings. The highest BCUT2D eigenvalue weighted by Gasteiger charge is 2.40. The van der Waals surface area contributed by atoms with Crippen LogP contribution in [-0.4, -0.2) is 36.9 Å². The van der Waals surface area contributed by atoms with Crippen molar-refractivity contribution in [2.75, 3.05) is 26.8 Å². The molecule has 1 saturated heterocycles. The molecule has 1 N–H and O–H groups in total. The molecule has 1 aromatic heterocycles. The minimum atomic E-state index is -0.252. The van der Waals surface area contributed by atoms with Crippen molar-refractivity contribution in [3.8, 4) is 0 Å². The van der Waals surface area contributed by atoms with Gasteiger partial charge in [-0.05, 0) is 37.1 Å². The van der Waals surface area contributed by atoms with Gasteiger partial charge in [0.1, 0.15) is 5.82 Å². The molecule has 0 bridgehead atoms. The third-order valence-corrected chi connectivity index (χ3v) is 4.20. The largest absolute Gasteiger partial charge is 0.385 e. The Kier molecular flexibility index (Phi) is 4.49. The first-order valence-electron chi connectivity index (χ1n) is 7.49. The third kappa shape index (κ3) is 3.18. The van der Waals surface area contributed by atoms with E-state index < -0.39 is 0 Å². The van der Waals surface area contributed by atoms with Crippen LogP contribution in [0.1, 0.15) is 30.1 Å². The first-order valence-corrected chi connectivity index (χ1v) is 7.49. The standard InChI is InChI=1S/C16H20FN3O2/c1-21-8-6-16(5-7-18-11-16)15-19-14(20-22-15)10-12-3-2-4-13(17)9-12/h2-4,9,18H,5-8,10-11H2,1H3. The minimum Gasteiger partial charge on any atom is -0.385 e. The molecular formula is C16H20FN3O2. The lowest BCUT2D eigenvalue weighted by Gasteiger charge is -2.22. The van der Waals surface area contributed by atoms with Gasteiger partial charge in [-0.2, -0.15) is 4.98 Å².